The number of benzene rings is 1. The molecule has 1 aliphatic heterocycles. The molecule has 0 spiro atoms. The molecule has 1 aromatic rings. The SMILES string of the molecule is Fc1cccc(CN(C2CCNCC2)C2CC2)c1. The van der Waals surface area contributed by atoms with E-state index in [1.54, 1.807) is 6.07 Å². The summed E-state index contributed by atoms with van der Waals surface area (Å²) in [6, 6.07) is 8.49. The van der Waals surface area contributed by atoms with Gasteiger partial charge in [0.25, 0.3) is 0 Å². The van der Waals surface area contributed by atoms with Crippen LogP contribution in [0.3, 0.4) is 0 Å². The van der Waals surface area contributed by atoms with E-state index in [0.717, 1.165) is 31.2 Å². The van der Waals surface area contributed by atoms with E-state index >= 15 is 0 Å². The smallest absolute Gasteiger partial charge is 0.123 e. The number of rotatable bonds is 4. The summed E-state index contributed by atoms with van der Waals surface area (Å²) in [6.45, 7) is 3.15. The summed E-state index contributed by atoms with van der Waals surface area (Å²) < 4.78 is 13.2. The predicted octanol–water partition coefficient (Wildman–Crippen LogP) is 2.54. The number of nitrogens with one attached hydrogen (secondary N) is 1. The molecule has 1 heterocycles. The van der Waals surface area contributed by atoms with Crippen LogP contribution in [-0.4, -0.2) is 30.1 Å². The Morgan fingerprint density at radius 2 is 1.83 bits per heavy atom. The second kappa shape index (κ2) is 5.37. The predicted molar refractivity (Wildman–Crippen MR) is 70.9 cm³/mol. The molecule has 2 aliphatic rings. The van der Waals surface area contributed by atoms with E-state index in [1.807, 2.05) is 12.1 Å². The van der Waals surface area contributed by atoms with Gasteiger partial charge in [-0.3, -0.25) is 4.90 Å². The zero-order valence-corrected chi connectivity index (χ0v) is 10.7. The van der Waals surface area contributed by atoms with Gasteiger partial charge in [-0.1, -0.05) is 12.1 Å². The maximum absolute atomic E-state index is 13.2. The monoisotopic (exact) mass is 248 g/mol. The van der Waals surface area contributed by atoms with Gasteiger partial charge >= 0.3 is 0 Å². The molecule has 0 aromatic heterocycles. The van der Waals surface area contributed by atoms with Gasteiger partial charge in [-0.05, 0) is 56.5 Å². The van der Waals surface area contributed by atoms with Gasteiger partial charge in [0, 0.05) is 18.6 Å². The number of halogens is 1. The van der Waals surface area contributed by atoms with Crippen molar-refractivity contribution in [2.24, 2.45) is 0 Å². The zero-order valence-electron chi connectivity index (χ0n) is 10.7. The van der Waals surface area contributed by atoms with Crippen LogP contribution in [0, 0.1) is 5.82 Å². The summed E-state index contributed by atoms with van der Waals surface area (Å²) in [7, 11) is 0. The zero-order chi connectivity index (χ0) is 12.4. The summed E-state index contributed by atoms with van der Waals surface area (Å²) in [5.41, 5.74) is 1.11. The first-order chi connectivity index (χ1) is 8.83. The first kappa shape index (κ1) is 12.1. The lowest BCUT2D eigenvalue weighted by Gasteiger charge is -2.35. The average Bonchev–Trinajstić information content (AvgIpc) is 3.21. The van der Waals surface area contributed by atoms with Crippen molar-refractivity contribution in [1.82, 2.24) is 10.2 Å². The summed E-state index contributed by atoms with van der Waals surface area (Å²) in [5, 5.41) is 3.42. The molecule has 1 saturated heterocycles. The number of hydrogen-bond acceptors (Lipinski definition) is 2. The fourth-order valence-corrected chi connectivity index (χ4v) is 2.95. The van der Waals surface area contributed by atoms with Crippen molar-refractivity contribution < 1.29 is 4.39 Å². The van der Waals surface area contributed by atoms with Crippen LogP contribution in [0.15, 0.2) is 24.3 Å². The van der Waals surface area contributed by atoms with Crippen LogP contribution < -0.4 is 5.32 Å². The Bertz CT molecular complexity index is 397. The summed E-state index contributed by atoms with van der Waals surface area (Å²) in [5.74, 6) is -0.117. The molecule has 1 aliphatic carbocycles. The highest BCUT2D eigenvalue weighted by Gasteiger charge is 2.34. The third kappa shape index (κ3) is 2.90. The van der Waals surface area contributed by atoms with E-state index in [2.05, 4.69) is 10.2 Å². The third-order valence-electron chi connectivity index (χ3n) is 4.05. The molecular formula is C15H21FN2. The number of piperidine rings is 1. The van der Waals surface area contributed by atoms with E-state index in [1.165, 1.54) is 31.7 Å². The van der Waals surface area contributed by atoms with Crippen LogP contribution in [0.2, 0.25) is 0 Å². The summed E-state index contributed by atoms with van der Waals surface area (Å²) in [6.07, 6.45) is 5.09. The van der Waals surface area contributed by atoms with E-state index in [4.69, 9.17) is 0 Å². The van der Waals surface area contributed by atoms with Crippen LogP contribution in [0.1, 0.15) is 31.2 Å². The highest BCUT2D eigenvalue weighted by atomic mass is 19.1. The molecule has 18 heavy (non-hydrogen) atoms. The fourth-order valence-electron chi connectivity index (χ4n) is 2.95. The molecule has 3 heteroatoms. The maximum Gasteiger partial charge on any atom is 0.123 e. The molecule has 1 saturated carbocycles. The summed E-state index contributed by atoms with van der Waals surface area (Å²) in [4.78, 5) is 2.61. The second-order valence-corrected chi connectivity index (χ2v) is 5.51. The fraction of sp³-hybridized carbons (Fsp3) is 0.600. The van der Waals surface area contributed by atoms with Gasteiger partial charge < -0.3 is 5.32 Å². The van der Waals surface area contributed by atoms with Gasteiger partial charge in [0.15, 0.2) is 0 Å². The Morgan fingerprint density at radius 1 is 1.11 bits per heavy atom. The Labute approximate surface area is 108 Å². The lowest BCUT2D eigenvalue weighted by atomic mass is 10.0. The van der Waals surface area contributed by atoms with E-state index in [9.17, 15) is 4.39 Å². The van der Waals surface area contributed by atoms with Crippen LogP contribution in [0.4, 0.5) is 4.39 Å². The van der Waals surface area contributed by atoms with Crippen molar-refractivity contribution in [3.8, 4) is 0 Å². The van der Waals surface area contributed by atoms with E-state index in [0.29, 0.717) is 6.04 Å². The van der Waals surface area contributed by atoms with Crippen molar-refractivity contribution >= 4 is 0 Å². The minimum atomic E-state index is -0.117. The standard InChI is InChI=1S/C15H21FN2/c16-13-3-1-2-12(10-13)11-18(14-4-5-14)15-6-8-17-9-7-15/h1-3,10,14-15,17H,4-9,11H2. The Kier molecular flexibility index (Phi) is 3.62. The Hall–Kier alpha value is -0.930. The molecule has 0 amide bonds. The minimum Gasteiger partial charge on any atom is -0.317 e. The molecule has 2 fully saturated rings. The second-order valence-electron chi connectivity index (χ2n) is 5.51. The molecule has 2 nitrogen and oxygen atoms in total. The van der Waals surface area contributed by atoms with Gasteiger partial charge in [0.1, 0.15) is 5.82 Å². The third-order valence-corrected chi connectivity index (χ3v) is 4.05. The van der Waals surface area contributed by atoms with Crippen LogP contribution in [0.5, 0.6) is 0 Å². The molecule has 1 aromatic carbocycles. The molecule has 0 radical (unpaired) electrons. The lowest BCUT2D eigenvalue weighted by molar-refractivity contribution is 0.144. The molecule has 1 N–H and O–H groups in total. The van der Waals surface area contributed by atoms with Crippen LogP contribution >= 0.6 is 0 Å². The topological polar surface area (TPSA) is 15.3 Å². The summed E-state index contributed by atoms with van der Waals surface area (Å²) >= 11 is 0. The number of hydrogen-bond donors (Lipinski definition) is 1. The highest BCUT2D eigenvalue weighted by Crippen LogP contribution is 2.32. The van der Waals surface area contributed by atoms with Crippen molar-refractivity contribution in [2.75, 3.05) is 13.1 Å². The van der Waals surface area contributed by atoms with Crippen molar-refractivity contribution in [1.29, 1.82) is 0 Å². The quantitative estimate of drug-likeness (QED) is 0.881. The minimum absolute atomic E-state index is 0.117. The first-order valence-electron chi connectivity index (χ1n) is 7.04. The first-order valence-corrected chi connectivity index (χ1v) is 7.04. The van der Waals surface area contributed by atoms with E-state index in [-0.39, 0.29) is 5.82 Å². The normalized spacial score (nSPS) is 21.4. The average molecular weight is 248 g/mol. The molecule has 0 atom stereocenters. The van der Waals surface area contributed by atoms with Gasteiger partial charge in [0.05, 0.1) is 0 Å². The van der Waals surface area contributed by atoms with Crippen LogP contribution in [-0.2, 0) is 6.54 Å². The molecule has 0 bridgehead atoms. The van der Waals surface area contributed by atoms with Crippen molar-refractivity contribution in [3.63, 3.8) is 0 Å². The number of nitrogens with zero attached hydrogens (tertiary/aromatic N) is 1. The van der Waals surface area contributed by atoms with Crippen LogP contribution in [0.25, 0.3) is 0 Å². The maximum atomic E-state index is 13.2. The van der Waals surface area contributed by atoms with Crippen molar-refractivity contribution in [2.45, 2.75) is 44.3 Å². The van der Waals surface area contributed by atoms with Gasteiger partial charge in [-0.2, -0.15) is 0 Å². The van der Waals surface area contributed by atoms with Gasteiger partial charge in [-0.25, -0.2) is 4.39 Å². The van der Waals surface area contributed by atoms with Gasteiger partial charge in [0.2, 0.25) is 0 Å². The highest BCUT2D eigenvalue weighted by molar-refractivity contribution is 5.16. The van der Waals surface area contributed by atoms with Gasteiger partial charge in [-0.15, -0.1) is 0 Å². The Morgan fingerprint density at radius 3 is 2.50 bits per heavy atom. The molecule has 98 valence electrons. The van der Waals surface area contributed by atoms with E-state index < -0.39 is 0 Å². The van der Waals surface area contributed by atoms with Crippen molar-refractivity contribution in [3.05, 3.63) is 35.6 Å². The largest absolute Gasteiger partial charge is 0.317 e. The lowest BCUT2D eigenvalue weighted by Crippen LogP contribution is -2.43. The Balaban J connectivity index is 1.69. The molecule has 3 rings (SSSR count). The molecule has 0 unspecified atom stereocenters. The molecular weight excluding hydrogens is 227 g/mol.